The summed E-state index contributed by atoms with van der Waals surface area (Å²) < 4.78 is 18.4. The van der Waals surface area contributed by atoms with Gasteiger partial charge in [0.1, 0.15) is 40.6 Å². The molecule has 0 radical (unpaired) electrons. The Morgan fingerprint density at radius 3 is 2.26 bits per heavy atom. The molecule has 0 saturated heterocycles. The van der Waals surface area contributed by atoms with Crippen molar-refractivity contribution < 1.29 is 59.5 Å². The van der Waals surface area contributed by atoms with Gasteiger partial charge in [-0.3, -0.25) is 9.59 Å². The fourth-order valence-electron chi connectivity index (χ4n) is 6.35. The first-order valence-electron chi connectivity index (χ1n) is 13.1. The van der Waals surface area contributed by atoms with Crippen LogP contribution in [0.1, 0.15) is 34.8 Å². The Hall–Kier alpha value is -4.94. The summed E-state index contributed by atoms with van der Waals surface area (Å²) in [6, 6.07) is 7.77. The summed E-state index contributed by atoms with van der Waals surface area (Å²) in [7, 11) is 0. The van der Waals surface area contributed by atoms with Crippen LogP contribution < -0.4 is 14.2 Å². The van der Waals surface area contributed by atoms with E-state index in [4.69, 9.17) is 14.2 Å². The lowest BCUT2D eigenvalue weighted by atomic mass is 9.73. The highest BCUT2D eigenvalue weighted by molar-refractivity contribution is 6.45. The molecular formula is C30H24O12. The Labute approximate surface area is 236 Å². The summed E-state index contributed by atoms with van der Waals surface area (Å²) in [4.78, 5) is 25.4. The summed E-state index contributed by atoms with van der Waals surface area (Å²) in [5, 5.41) is 73.5. The van der Waals surface area contributed by atoms with Gasteiger partial charge in [0, 0.05) is 47.7 Å². The van der Waals surface area contributed by atoms with Crippen LogP contribution in [0.15, 0.2) is 42.5 Å². The quantitative estimate of drug-likeness (QED) is 0.172. The Morgan fingerprint density at radius 1 is 0.762 bits per heavy atom. The van der Waals surface area contributed by atoms with Crippen LogP contribution in [0.5, 0.6) is 46.0 Å². The molecule has 1 unspecified atom stereocenters. The first kappa shape index (κ1) is 26.0. The number of ketones is 2. The van der Waals surface area contributed by atoms with Gasteiger partial charge in [-0.2, -0.15) is 0 Å². The van der Waals surface area contributed by atoms with E-state index in [0.29, 0.717) is 5.56 Å². The third-order valence-corrected chi connectivity index (χ3v) is 8.31. The molecule has 7 rings (SSSR count). The van der Waals surface area contributed by atoms with E-state index in [9.17, 15) is 45.3 Å². The van der Waals surface area contributed by atoms with Crippen molar-refractivity contribution in [2.75, 3.05) is 0 Å². The molecule has 1 aliphatic carbocycles. The minimum atomic E-state index is -1.77. The van der Waals surface area contributed by atoms with Crippen LogP contribution in [0.25, 0.3) is 5.57 Å². The average molecular weight is 577 g/mol. The average Bonchev–Trinajstić information content (AvgIpc) is 3.24. The molecule has 3 aliphatic heterocycles. The van der Waals surface area contributed by atoms with Gasteiger partial charge in [-0.15, -0.1) is 0 Å². The van der Waals surface area contributed by atoms with E-state index in [1.165, 1.54) is 30.3 Å². The number of aromatic hydroxyl groups is 5. The molecule has 216 valence electrons. The lowest BCUT2D eigenvalue weighted by Crippen LogP contribution is -2.59. The van der Waals surface area contributed by atoms with Crippen molar-refractivity contribution in [2.24, 2.45) is 0 Å². The van der Waals surface area contributed by atoms with E-state index in [-0.39, 0.29) is 75.4 Å². The number of hydrogen-bond donors (Lipinski definition) is 7. The van der Waals surface area contributed by atoms with Gasteiger partial charge in [0.25, 0.3) is 0 Å². The summed E-state index contributed by atoms with van der Waals surface area (Å²) in [6.45, 7) is 0. The van der Waals surface area contributed by atoms with E-state index in [2.05, 4.69) is 0 Å². The van der Waals surface area contributed by atoms with Gasteiger partial charge in [0.05, 0.1) is 24.2 Å². The van der Waals surface area contributed by atoms with E-state index in [1.54, 1.807) is 0 Å². The second-order valence-electron chi connectivity index (χ2n) is 10.9. The second-order valence-corrected chi connectivity index (χ2v) is 10.9. The minimum absolute atomic E-state index is 0.0315. The van der Waals surface area contributed by atoms with Crippen LogP contribution in [-0.4, -0.2) is 71.2 Å². The van der Waals surface area contributed by atoms with Crippen molar-refractivity contribution in [3.8, 4) is 46.0 Å². The van der Waals surface area contributed by atoms with Gasteiger partial charge in [0.2, 0.25) is 11.6 Å². The lowest BCUT2D eigenvalue weighted by Gasteiger charge is -2.43. The van der Waals surface area contributed by atoms with Gasteiger partial charge in [-0.05, 0) is 23.8 Å². The van der Waals surface area contributed by atoms with E-state index >= 15 is 0 Å². The van der Waals surface area contributed by atoms with Crippen LogP contribution in [-0.2, 0) is 22.4 Å². The maximum Gasteiger partial charge on any atom is 0.222 e. The van der Waals surface area contributed by atoms with Crippen LogP contribution in [0.2, 0.25) is 0 Å². The number of phenols is 5. The predicted molar refractivity (Wildman–Crippen MR) is 141 cm³/mol. The standard InChI is InChI=1S/C30H24O12/c31-12-4-17(33)13-6-21(37)29(41-23(13)5-12)30-10-22(38)19(35)8-15(30)26-25(42-30)9-24-14(27(26)39)7-20(36)28(40-24)11-1-2-16(32)18(34)3-11/h1-5,8-9,20-21,28-29,31-34,36-37,39H,6-7,10H2/t20-,21-,28+,29-,30?/m0/s1. The van der Waals surface area contributed by atoms with Gasteiger partial charge in [0.15, 0.2) is 23.2 Å². The highest BCUT2D eigenvalue weighted by atomic mass is 16.6. The van der Waals surface area contributed by atoms with Crippen LogP contribution in [0, 0.1) is 0 Å². The third-order valence-electron chi connectivity index (χ3n) is 8.31. The molecule has 0 aromatic heterocycles. The summed E-state index contributed by atoms with van der Waals surface area (Å²) >= 11 is 0. The number of aliphatic hydroxyl groups excluding tert-OH is 2. The van der Waals surface area contributed by atoms with Crippen LogP contribution in [0.4, 0.5) is 0 Å². The molecule has 0 fully saturated rings. The number of aliphatic hydroxyl groups is 2. The first-order valence-corrected chi connectivity index (χ1v) is 13.1. The molecule has 7 N–H and O–H groups in total. The van der Waals surface area contributed by atoms with Gasteiger partial charge >= 0.3 is 0 Å². The van der Waals surface area contributed by atoms with E-state index in [0.717, 1.165) is 12.1 Å². The fraction of sp³-hybridized carbons (Fsp3) is 0.267. The Bertz CT molecular complexity index is 1740. The number of allylic oxidation sites excluding steroid dienone is 1. The Kier molecular flexibility index (Phi) is 5.43. The number of hydrogen-bond acceptors (Lipinski definition) is 12. The molecule has 3 aromatic rings. The SMILES string of the molecule is O=C1C=C2c3c(cc4c(c3O)C[C@H](O)[C@@H](c3ccc(O)c(O)c3)O4)OC2([C@H]2Oc3cc(O)cc(O)c3C[C@@H]2O)CC1=O. The molecule has 3 aromatic carbocycles. The Morgan fingerprint density at radius 2 is 1.50 bits per heavy atom. The molecule has 3 heterocycles. The molecule has 42 heavy (non-hydrogen) atoms. The van der Waals surface area contributed by atoms with E-state index in [1.807, 2.05) is 0 Å². The summed E-state index contributed by atoms with van der Waals surface area (Å²) in [5.74, 6) is -3.13. The topological polar surface area (TPSA) is 203 Å². The zero-order valence-corrected chi connectivity index (χ0v) is 21.6. The van der Waals surface area contributed by atoms with Gasteiger partial charge in [-0.25, -0.2) is 0 Å². The number of carbonyl (C=O) groups excluding carboxylic acids is 2. The number of phenolic OH excluding ortho intramolecular Hbond substituents is 5. The molecule has 4 aliphatic rings. The zero-order valence-electron chi connectivity index (χ0n) is 21.6. The predicted octanol–water partition coefficient (Wildman–Crippen LogP) is 1.67. The maximum atomic E-state index is 12.8. The number of Topliss-reactive ketones (excluding diaryl/α,β-unsaturated/α-hetero) is 1. The lowest BCUT2D eigenvalue weighted by molar-refractivity contribution is -0.139. The van der Waals surface area contributed by atoms with Gasteiger partial charge in [-0.1, -0.05) is 6.07 Å². The fourth-order valence-corrected chi connectivity index (χ4v) is 6.35. The highest BCUT2D eigenvalue weighted by Crippen LogP contribution is 2.58. The largest absolute Gasteiger partial charge is 0.508 e. The summed E-state index contributed by atoms with van der Waals surface area (Å²) in [6.07, 6.45) is -4.52. The van der Waals surface area contributed by atoms with E-state index < -0.39 is 53.8 Å². The monoisotopic (exact) mass is 576 g/mol. The van der Waals surface area contributed by atoms with Crippen molar-refractivity contribution in [1.29, 1.82) is 0 Å². The van der Waals surface area contributed by atoms with Crippen molar-refractivity contribution in [3.63, 3.8) is 0 Å². The van der Waals surface area contributed by atoms with Crippen molar-refractivity contribution >= 4 is 17.1 Å². The number of carbonyl (C=O) groups is 2. The zero-order chi connectivity index (χ0) is 29.7. The van der Waals surface area contributed by atoms with Crippen molar-refractivity contribution in [2.45, 2.75) is 49.3 Å². The highest BCUT2D eigenvalue weighted by Gasteiger charge is 2.60. The molecular weight excluding hydrogens is 552 g/mol. The number of benzene rings is 3. The molecule has 0 amide bonds. The third kappa shape index (κ3) is 3.62. The number of ether oxygens (including phenoxy) is 3. The number of rotatable bonds is 2. The van der Waals surface area contributed by atoms with Crippen LogP contribution >= 0.6 is 0 Å². The van der Waals surface area contributed by atoms with Crippen molar-refractivity contribution in [3.05, 3.63) is 64.7 Å². The number of fused-ring (bicyclic) bond motifs is 5. The smallest absolute Gasteiger partial charge is 0.222 e. The normalized spacial score (nSPS) is 27.4. The molecule has 0 spiro atoms. The van der Waals surface area contributed by atoms with Gasteiger partial charge < -0.3 is 50.0 Å². The second kappa shape index (κ2) is 8.78. The molecule has 5 atom stereocenters. The Balaban J connectivity index is 1.33. The molecule has 0 bridgehead atoms. The maximum absolute atomic E-state index is 12.8. The minimum Gasteiger partial charge on any atom is -0.508 e. The molecule has 12 nitrogen and oxygen atoms in total. The van der Waals surface area contributed by atoms with Crippen LogP contribution in [0.3, 0.4) is 0 Å². The summed E-state index contributed by atoms with van der Waals surface area (Å²) in [5.41, 5.74) is -0.800. The molecule has 12 heteroatoms. The molecule has 0 saturated carbocycles. The van der Waals surface area contributed by atoms with Crippen molar-refractivity contribution in [1.82, 2.24) is 0 Å². The first-order chi connectivity index (χ1) is 20.0.